The second kappa shape index (κ2) is 7.25. The molecule has 3 rings (SSSR count). The van der Waals surface area contributed by atoms with E-state index in [1.807, 2.05) is 4.90 Å². The molecule has 2 saturated heterocycles. The Hall–Kier alpha value is -1.39. The third-order valence-corrected chi connectivity index (χ3v) is 5.08. The van der Waals surface area contributed by atoms with E-state index in [9.17, 15) is 4.79 Å². The fourth-order valence-corrected chi connectivity index (χ4v) is 3.67. The molecule has 1 aromatic rings. The zero-order valence-corrected chi connectivity index (χ0v) is 13.6. The molecule has 4 heteroatoms. The molecule has 2 heterocycles. The molecule has 4 nitrogen and oxygen atoms in total. The Bertz CT molecular complexity index is 474. The SMILES string of the molecule is CC(=O)N1CCC(N2CCN(Cc3ccccc3)CC2)CC1. The molecule has 0 bridgehead atoms. The average Bonchev–Trinajstić information content (AvgIpc) is 2.57. The van der Waals surface area contributed by atoms with Crippen LogP contribution in [0, 0.1) is 0 Å². The molecular formula is C18H27N3O. The summed E-state index contributed by atoms with van der Waals surface area (Å²) in [6, 6.07) is 11.4. The molecule has 22 heavy (non-hydrogen) atoms. The number of piperazine rings is 1. The molecule has 120 valence electrons. The van der Waals surface area contributed by atoms with Gasteiger partial charge in [0, 0.05) is 58.8 Å². The van der Waals surface area contributed by atoms with Crippen molar-refractivity contribution in [2.75, 3.05) is 39.3 Å². The number of rotatable bonds is 3. The number of piperidine rings is 1. The highest BCUT2D eigenvalue weighted by atomic mass is 16.2. The van der Waals surface area contributed by atoms with Crippen molar-refractivity contribution in [2.45, 2.75) is 32.4 Å². The first-order valence-electron chi connectivity index (χ1n) is 8.48. The molecule has 1 amide bonds. The molecule has 1 aromatic carbocycles. The van der Waals surface area contributed by atoms with Gasteiger partial charge < -0.3 is 4.90 Å². The lowest BCUT2D eigenvalue weighted by Gasteiger charge is -2.42. The number of hydrogen-bond donors (Lipinski definition) is 0. The van der Waals surface area contributed by atoms with Crippen LogP contribution in [0.2, 0.25) is 0 Å². The molecule has 0 spiro atoms. The Kier molecular flexibility index (Phi) is 5.11. The lowest BCUT2D eigenvalue weighted by molar-refractivity contribution is -0.130. The van der Waals surface area contributed by atoms with Gasteiger partial charge in [0.2, 0.25) is 5.91 Å². The van der Waals surface area contributed by atoms with Crippen molar-refractivity contribution in [1.29, 1.82) is 0 Å². The minimum atomic E-state index is 0.228. The summed E-state index contributed by atoms with van der Waals surface area (Å²) in [5, 5.41) is 0. The predicted molar refractivity (Wildman–Crippen MR) is 88.6 cm³/mol. The van der Waals surface area contributed by atoms with Crippen LogP contribution in [0.25, 0.3) is 0 Å². The first-order valence-corrected chi connectivity index (χ1v) is 8.48. The minimum absolute atomic E-state index is 0.228. The summed E-state index contributed by atoms with van der Waals surface area (Å²) in [5.74, 6) is 0.228. The minimum Gasteiger partial charge on any atom is -0.343 e. The van der Waals surface area contributed by atoms with Crippen molar-refractivity contribution < 1.29 is 4.79 Å². The zero-order chi connectivity index (χ0) is 15.4. The van der Waals surface area contributed by atoms with Crippen LogP contribution in [0.3, 0.4) is 0 Å². The van der Waals surface area contributed by atoms with Crippen molar-refractivity contribution in [3.05, 3.63) is 35.9 Å². The number of amides is 1. The number of carbonyl (C=O) groups excluding carboxylic acids is 1. The summed E-state index contributed by atoms with van der Waals surface area (Å²) < 4.78 is 0. The highest BCUT2D eigenvalue weighted by molar-refractivity contribution is 5.73. The van der Waals surface area contributed by atoms with E-state index in [4.69, 9.17) is 0 Å². The Morgan fingerprint density at radius 1 is 1.00 bits per heavy atom. The molecule has 0 radical (unpaired) electrons. The van der Waals surface area contributed by atoms with Gasteiger partial charge in [-0.05, 0) is 18.4 Å². The van der Waals surface area contributed by atoms with Gasteiger partial charge in [-0.25, -0.2) is 0 Å². The summed E-state index contributed by atoms with van der Waals surface area (Å²) >= 11 is 0. The van der Waals surface area contributed by atoms with E-state index in [1.54, 1.807) is 6.92 Å². The van der Waals surface area contributed by atoms with Crippen LogP contribution in [-0.4, -0.2) is 65.9 Å². The van der Waals surface area contributed by atoms with Crippen LogP contribution in [0.5, 0.6) is 0 Å². The van der Waals surface area contributed by atoms with Crippen molar-refractivity contribution in [1.82, 2.24) is 14.7 Å². The summed E-state index contributed by atoms with van der Waals surface area (Å²) in [6.45, 7) is 9.26. The molecular weight excluding hydrogens is 274 g/mol. The van der Waals surface area contributed by atoms with Gasteiger partial charge in [-0.15, -0.1) is 0 Å². The van der Waals surface area contributed by atoms with Gasteiger partial charge in [-0.3, -0.25) is 14.6 Å². The van der Waals surface area contributed by atoms with Gasteiger partial charge >= 0.3 is 0 Å². The molecule has 0 N–H and O–H groups in total. The number of hydrogen-bond acceptors (Lipinski definition) is 3. The lowest BCUT2D eigenvalue weighted by Crippen LogP contribution is -2.53. The van der Waals surface area contributed by atoms with E-state index in [2.05, 4.69) is 40.1 Å². The van der Waals surface area contributed by atoms with Gasteiger partial charge in [0.1, 0.15) is 0 Å². The van der Waals surface area contributed by atoms with Gasteiger partial charge in [0.25, 0.3) is 0 Å². The summed E-state index contributed by atoms with van der Waals surface area (Å²) in [4.78, 5) is 18.6. The smallest absolute Gasteiger partial charge is 0.219 e. The van der Waals surface area contributed by atoms with Crippen molar-refractivity contribution in [3.63, 3.8) is 0 Å². The molecule has 2 aliphatic rings. The fraction of sp³-hybridized carbons (Fsp3) is 0.611. The quantitative estimate of drug-likeness (QED) is 0.852. The first-order chi connectivity index (χ1) is 10.7. The van der Waals surface area contributed by atoms with E-state index in [1.165, 1.54) is 5.56 Å². The van der Waals surface area contributed by atoms with E-state index in [0.717, 1.165) is 58.7 Å². The maximum Gasteiger partial charge on any atom is 0.219 e. The van der Waals surface area contributed by atoms with E-state index >= 15 is 0 Å². The van der Waals surface area contributed by atoms with Crippen LogP contribution in [-0.2, 0) is 11.3 Å². The van der Waals surface area contributed by atoms with Gasteiger partial charge in [0.05, 0.1) is 0 Å². The predicted octanol–water partition coefficient (Wildman–Crippen LogP) is 1.82. The van der Waals surface area contributed by atoms with Gasteiger partial charge in [0.15, 0.2) is 0 Å². The number of nitrogens with zero attached hydrogens (tertiary/aromatic N) is 3. The first kappa shape index (κ1) is 15.5. The van der Waals surface area contributed by atoms with Crippen molar-refractivity contribution in [2.24, 2.45) is 0 Å². The topological polar surface area (TPSA) is 26.8 Å². The van der Waals surface area contributed by atoms with E-state index in [0.29, 0.717) is 6.04 Å². The second-order valence-electron chi connectivity index (χ2n) is 6.53. The van der Waals surface area contributed by atoms with Crippen LogP contribution >= 0.6 is 0 Å². The van der Waals surface area contributed by atoms with Crippen LogP contribution in [0.1, 0.15) is 25.3 Å². The van der Waals surface area contributed by atoms with Gasteiger partial charge in [-0.2, -0.15) is 0 Å². The van der Waals surface area contributed by atoms with Crippen LogP contribution in [0.15, 0.2) is 30.3 Å². The summed E-state index contributed by atoms with van der Waals surface area (Å²) in [7, 11) is 0. The third-order valence-electron chi connectivity index (χ3n) is 5.08. The normalized spacial score (nSPS) is 22.0. The summed E-state index contributed by atoms with van der Waals surface area (Å²) in [5.41, 5.74) is 1.41. The lowest BCUT2D eigenvalue weighted by atomic mass is 10.0. The molecule has 0 unspecified atom stereocenters. The highest BCUT2D eigenvalue weighted by Crippen LogP contribution is 2.19. The Morgan fingerprint density at radius 3 is 2.23 bits per heavy atom. The highest BCUT2D eigenvalue weighted by Gasteiger charge is 2.27. The molecule has 0 atom stereocenters. The Morgan fingerprint density at radius 2 is 1.64 bits per heavy atom. The fourth-order valence-electron chi connectivity index (χ4n) is 3.67. The molecule has 2 aliphatic heterocycles. The number of benzene rings is 1. The Balaban J connectivity index is 1.43. The summed E-state index contributed by atoms with van der Waals surface area (Å²) in [6.07, 6.45) is 2.27. The monoisotopic (exact) mass is 301 g/mol. The van der Waals surface area contributed by atoms with Crippen LogP contribution in [0.4, 0.5) is 0 Å². The second-order valence-corrected chi connectivity index (χ2v) is 6.53. The van der Waals surface area contributed by atoms with E-state index in [-0.39, 0.29) is 5.91 Å². The number of carbonyl (C=O) groups is 1. The number of likely N-dealkylation sites (tertiary alicyclic amines) is 1. The maximum absolute atomic E-state index is 11.4. The zero-order valence-electron chi connectivity index (χ0n) is 13.6. The molecule has 0 saturated carbocycles. The van der Waals surface area contributed by atoms with Crippen LogP contribution < -0.4 is 0 Å². The Labute approximate surface area is 133 Å². The molecule has 2 fully saturated rings. The largest absolute Gasteiger partial charge is 0.343 e. The molecule has 0 aliphatic carbocycles. The van der Waals surface area contributed by atoms with Crippen molar-refractivity contribution in [3.8, 4) is 0 Å². The van der Waals surface area contributed by atoms with Crippen molar-refractivity contribution >= 4 is 5.91 Å². The average molecular weight is 301 g/mol. The standard InChI is InChI=1S/C18H27N3O/c1-16(22)20-9-7-18(8-10-20)21-13-11-19(12-14-21)15-17-5-3-2-4-6-17/h2-6,18H,7-15H2,1H3. The third kappa shape index (κ3) is 3.87. The maximum atomic E-state index is 11.4. The molecule has 0 aromatic heterocycles. The van der Waals surface area contributed by atoms with E-state index < -0.39 is 0 Å². The van der Waals surface area contributed by atoms with Gasteiger partial charge in [-0.1, -0.05) is 30.3 Å².